The van der Waals surface area contributed by atoms with E-state index in [1.165, 1.54) is 4.90 Å². The summed E-state index contributed by atoms with van der Waals surface area (Å²) >= 11 is 32.9. The molecule has 0 bridgehead atoms. The summed E-state index contributed by atoms with van der Waals surface area (Å²) in [5, 5.41) is 0. The smallest absolute Gasteiger partial charge is 0.410 e. The molecule has 1 saturated heterocycles. The SMILES string of the molecule is O=C(OCC(Cl)(Cl)Cl)[C@@H]1CCCN1C(=O)OCC(Cl)(Cl)Cl. The molecule has 0 N–H and O–H groups in total. The predicted octanol–water partition coefficient (Wildman–Crippen LogP) is 3.87. The van der Waals surface area contributed by atoms with Crippen LogP contribution in [0.2, 0.25) is 0 Å². The van der Waals surface area contributed by atoms with Crippen LogP contribution in [0.4, 0.5) is 4.79 Å². The molecule has 1 fully saturated rings. The summed E-state index contributed by atoms with van der Waals surface area (Å²) < 4.78 is 6.24. The van der Waals surface area contributed by atoms with Crippen LogP contribution in [-0.4, -0.2) is 50.3 Å². The van der Waals surface area contributed by atoms with E-state index in [1.54, 1.807) is 0 Å². The van der Waals surface area contributed by atoms with Crippen molar-refractivity contribution in [1.29, 1.82) is 0 Å². The van der Waals surface area contributed by atoms with Crippen LogP contribution in [0, 0.1) is 0 Å². The highest BCUT2D eigenvalue weighted by Gasteiger charge is 2.38. The van der Waals surface area contributed by atoms with E-state index in [0.29, 0.717) is 19.4 Å². The van der Waals surface area contributed by atoms with Gasteiger partial charge in [-0.2, -0.15) is 0 Å². The minimum absolute atomic E-state index is 0.326. The van der Waals surface area contributed by atoms with E-state index in [0.717, 1.165) is 0 Å². The Labute approximate surface area is 151 Å². The molecule has 21 heavy (non-hydrogen) atoms. The zero-order valence-electron chi connectivity index (χ0n) is 10.5. The van der Waals surface area contributed by atoms with Crippen molar-refractivity contribution in [1.82, 2.24) is 4.90 Å². The fourth-order valence-electron chi connectivity index (χ4n) is 1.71. The maximum Gasteiger partial charge on any atom is 0.410 e. The Morgan fingerprint density at radius 2 is 1.52 bits per heavy atom. The number of carbonyl (C=O) groups excluding carboxylic acids is 2. The van der Waals surface area contributed by atoms with Gasteiger partial charge in [-0.3, -0.25) is 4.90 Å². The first-order valence-electron chi connectivity index (χ1n) is 5.73. The molecular formula is C10H11Cl6NO4. The van der Waals surface area contributed by atoms with Crippen LogP contribution in [0.15, 0.2) is 0 Å². The van der Waals surface area contributed by atoms with Crippen molar-refractivity contribution >= 4 is 81.7 Å². The van der Waals surface area contributed by atoms with Crippen molar-refractivity contribution in [2.45, 2.75) is 26.5 Å². The molecule has 0 unspecified atom stereocenters. The molecule has 0 aliphatic carbocycles. The zero-order valence-corrected chi connectivity index (χ0v) is 15.0. The summed E-state index contributed by atoms with van der Waals surface area (Å²) in [6.07, 6.45) is 0.257. The number of rotatable bonds is 3. The molecule has 1 rings (SSSR count). The molecule has 5 nitrogen and oxygen atoms in total. The Hall–Kier alpha value is 0.480. The molecular weight excluding hydrogens is 411 g/mol. The third-order valence-corrected chi connectivity index (χ3v) is 3.15. The molecule has 0 radical (unpaired) electrons. The van der Waals surface area contributed by atoms with E-state index in [2.05, 4.69) is 0 Å². The summed E-state index contributed by atoms with van der Waals surface area (Å²) in [6.45, 7) is -0.515. The monoisotopic (exact) mass is 419 g/mol. The van der Waals surface area contributed by atoms with Crippen LogP contribution in [0.25, 0.3) is 0 Å². The van der Waals surface area contributed by atoms with Gasteiger partial charge in [-0.1, -0.05) is 69.6 Å². The van der Waals surface area contributed by atoms with Gasteiger partial charge in [0.05, 0.1) is 0 Å². The highest BCUT2D eigenvalue weighted by atomic mass is 35.6. The first-order chi connectivity index (χ1) is 9.49. The molecule has 0 aromatic heterocycles. The maximum atomic E-state index is 11.9. The van der Waals surface area contributed by atoms with Crippen LogP contribution < -0.4 is 0 Å². The van der Waals surface area contributed by atoms with Gasteiger partial charge >= 0.3 is 12.1 Å². The second-order valence-electron chi connectivity index (χ2n) is 4.24. The van der Waals surface area contributed by atoms with Gasteiger partial charge in [0.2, 0.25) is 7.59 Å². The fraction of sp³-hybridized carbons (Fsp3) is 0.800. The molecule has 1 heterocycles. The second kappa shape index (κ2) is 7.84. The van der Waals surface area contributed by atoms with Gasteiger partial charge in [-0.05, 0) is 12.8 Å². The molecule has 11 heteroatoms. The van der Waals surface area contributed by atoms with Crippen molar-refractivity contribution in [3.05, 3.63) is 0 Å². The lowest BCUT2D eigenvalue weighted by molar-refractivity contribution is -0.148. The fourth-order valence-corrected chi connectivity index (χ4v) is 2.03. The molecule has 122 valence electrons. The molecule has 1 aliphatic rings. The Bertz CT molecular complexity index is 358. The summed E-state index contributed by atoms with van der Waals surface area (Å²) in [5.74, 6) is -0.676. The lowest BCUT2D eigenvalue weighted by Gasteiger charge is -2.24. The van der Waals surface area contributed by atoms with Gasteiger partial charge < -0.3 is 9.47 Å². The Morgan fingerprint density at radius 1 is 1.00 bits per heavy atom. The number of amides is 1. The lowest BCUT2D eigenvalue weighted by atomic mass is 10.2. The number of nitrogens with zero attached hydrogens (tertiary/aromatic N) is 1. The van der Waals surface area contributed by atoms with Crippen molar-refractivity contribution in [2.24, 2.45) is 0 Å². The highest BCUT2D eigenvalue weighted by Crippen LogP contribution is 2.28. The van der Waals surface area contributed by atoms with Gasteiger partial charge in [-0.25, -0.2) is 9.59 Å². The van der Waals surface area contributed by atoms with Crippen LogP contribution in [0.3, 0.4) is 0 Å². The first-order valence-corrected chi connectivity index (χ1v) is 8.00. The Kier molecular flexibility index (Phi) is 7.29. The van der Waals surface area contributed by atoms with Crippen LogP contribution in [0.5, 0.6) is 0 Å². The molecule has 0 spiro atoms. The summed E-state index contributed by atoms with van der Waals surface area (Å²) in [4.78, 5) is 24.9. The van der Waals surface area contributed by atoms with E-state index in [4.69, 9.17) is 79.1 Å². The first kappa shape index (κ1) is 19.5. The minimum Gasteiger partial charge on any atom is -0.460 e. The molecule has 1 atom stereocenters. The third kappa shape index (κ3) is 7.53. The lowest BCUT2D eigenvalue weighted by Crippen LogP contribution is -2.43. The molecule has 1 aliphatic heterocycles. The number of hydrogen-bond donors (Lipinski definition) is 0. The molecule has 1 amide bonds. The van der Waals surface area contributed by atoms with Gasteiger partial charge in [0, 0.05) is 6.54 Å². The molecule has 0 saturated carbocycles. The number of ether oxygens (including phenoxy) is 2. The number of alkyl halides is 6. The largest absolute Gasteiger partial charge is 0.460 e. The topological polar surface area (TPSA) is 55.8 Å². The normalized spacial score (nSPS) is 19.5. The second-order valence-corrected chi connectivity index (χ2v) is 9.28. The highest BCUT2D eigenvalue weighted by molar-refractivity contribution is 6.68. The Balaban J connectivity index is 2.54. The van der Waals surface area contributed by atoms with Crippen molar-refractivity contribution < 1.29 is 19.1 Å². The standard InChI is InChI=1S/C10H11Cl6NO4/c11-9(12,13)4-20-7(18)6-2-1-3-17(6)8(19)21-5-10(14,15)16/h6H,1-5H2/t6-/m0/s1. The average Bonchev–Trinajstić information content (AvgIpc) is 2.80. The number of hydrogen-bond acceptors (Lipinski definition) is 4. The molecule has 0 aromatic carbocycles. The van der Waals surface area contributed by atoms with Crippen molar-refractivity contribution in [2.75, 3.05) is 19.8 Å². The quantitative estimate of drug-likeness (QED) is 0.512. The zero-order chi connectivity index (χ0) is 16.3. The number of carbonyl (C=O) groups is 2. The van der Waals surface area contributed by atoms with E-state index in [-0.39, 0.29) is 0 Å². The van der Waals surface area contributed by atoms with E-state index >= 15 is 0 Å². The maximum absolute atomic E-state index is 11.9. The van der Waals surface area contributed by atoms with Crippen LogP contribution in [-0.2, 0) is 14.3 Å². The Morgan fingerprint density at radius 3 is 2.05 bits per heavy atom. The third-order valence-electron chi connectivity index (χ3n) is 2.50. The summed E-state index contributed by atoms with van der Waals surface area (Å²) in [6, 6.07) is -0.805. The average molecular weight is 422 g/mol. The van der Waals surface area contributed by atoms with Gasteiger partial charge in [0.15, 0.2) is 0 Å². The summed E-state index contributed by atoms with van der Waals surface area (Å²) in [7, 11) is 0. The van der Waals surface area contributed by atoms with Gasteiger partial charge in [-0.15, -0.1) is 0 Å². The predicted molar refractivity (Wildman–Crippen MR) is 82.6 cm³/mol. The van der Waals surface area contributed by atoms with Crippen LogP contribution in [0.1, 0.15) is 12.8 Å². The van der Waals surface area contributed by atoms with Gasteiger partial charge in [0.1, 0.15) is 19.3 Å². The number of halogens is 6. The van der Waals surface area contributed by atoms with E-state index < -0.39 is 38.9 Å². The minimum atomic E-state index is -1.72. The number of likely N-dealkylation sites (tertiary alicyclic amines) is 1. The van der Waals surface area contributed by atoms with E-state index in [1.807, 2.05) is 0 Å². The van der Waals surface area contributed by atoms with Crippen LogP contribution >= 0.6 is 69.6 Å². The van der Waals surface area contributed by atoms with Gasteiger partial charge in [0.25, 0.3) is 0 Å². The molecule has 0 aromatic rings. The number of esters is 1. The van der Waals surface area contributed by atoms with Crippen molar-refractivity contribution in [3.8, 4) is 0 Å². The summed E-state index contributed by atoms with van der Waals surface area (Å²) in [5.41, 5.74) is 0. The van der Waals surface area contributed by atoms with E-state index in [9.17, 15) is 9.59 Å². The van der Waals surface area contributed by atoms with Crippen molar-refractivity contribution in [3.63, 3.8) is 0 Å².